The number of nitrogens with one attached hydrogen (secondary N) is 4. The number of rotatable bonds is 4. The molecule has 1 aliphatic heterocycles. The van der Waals surface area contributed by atoms with Crippen molar-refractivity contribution in [2.75, 3.05) is 11.6 Å². The number of aromatic amines is 1. The third kappa shape index (κ3) is 3.77. The Balaban J connectivity index is 1.66. The van der Waals surface area contributed by atoms with Crippen LogP contribution in [0.3, 0.4) is 0 Å². The lowest BCUT2D eigenvalue weighted by Crippen LogP contribution is -2.45. The Labute approximate surface area is 172 Å². The highest BCUT2D eigenvalue weighted by atomic mass is 32.2. The van der Waals surface area contributed by atoms with Crippen molar-refractivity contribution in [3.63, 3.8) is 0 Å². The Hall–Kier alpha value is -3.66. The SMILES string of the molecule is CC1=C(C(=O)Nc2ccc3[nH]ncc3c2)C(c2ccc(S(C)(=O)=O)cc2)NC(=O)N1. The van der Waals surface area contributed by atoms with Crippen molar-refractivity contribution in [1.29, 1.82) is 0 Å². The maximum atomic E-state index is 13.1. The van der Waals surface area contributed by atoms with Gasteiger partial charge in [0.25, 0.3) is 5.91 Å². The minimum absolute atomic E-state index is 0.159. The van der Waals surface area contributed by atoms with Gasteiger partial charge in [0.15, 0.2) is 9.84 Å². The van der Waals surface area contributed by atoms with Crippen molar-refractivity contribution < 1.29 is 18.0 Å². The van der Waals surface area contributed by atoms with Crippen LogP contribution in [0.2, 0.25) is 0 Å². The molecule has 1 aliphatic rings. The van der Waals surface area contributed by atoms with E-state index in [1.54, 1.807) is 37.4 Å². The molecule has 2 aromatic carbocycles. The molecule has 1 aromatic heterocycles. The van der Waals surface area contributed by atoms with Crippen LogP contribution in [0.5, 0.6) is 0 Å². The van der Waals surface area contributed by atoms with Crippen LogP contribution < -0.4 is 16.0 Å². The van der Waals surface area contributed by atoms with Crippen LogP contribution in [0, 0.1) is 0 Å². The highest BCUT2D eigenvalue weighted by molar-refractivity contribution is 7.90. The van der Waals surface area contributed by atoms with Gasteiger partial charge >= 0.3 is 6.03 Å². The summed E-state index contributed by atoms with van der Waals surface area (Å²) in [5.74, 6) is -0.389. The number of aromatic nitrogens is 2. The lowest BCUT2D eigenvalue weighted by Gasteiger charge is -2.28. The molecule has 4 rings (SSSR count). The second-order valence-electron chi connectivity index (χ2n) is 7.04. The number of hydrogen-bond donors (Lipinski definition) is 4. The van der Waals surface area contributed by atoms with Gasteiger partial charge in [-0.3, -0.25) is 9.89 Å². The average molecular weight is 425 g/mol. The zero-order valence-electron chi connectivity index (χ0n) is 16.2. The lowest BCUT2D eigenvalue weighted by molar-refractivity contribution is -0.113. The normalized spacial score (nSPS) is 16.9. The summed E-state index contributed by atoms with van der Waals surface area (Å²) in [6.07, 6.45) is 2.78. The zero-order valence-corrected chi connectivity index (χ0v) is 17.0. The first-order valence-electron chi connectivity index (χ1n) is 9.05. The summed E-state index contributed by atoms with van der Waals surface area (Å²) >= 11 is 0. The number of sulfone groups is 1. The Morgan fingerprint density at radius 2 is 1.87 bits per heavy atom. The highest BCUT2D eigenvalue weighted by Gasteiger charge is 2.31. The molecule has 0 bridgehead atoms. The number of nitrogens with zero attached hydrogens (tertiary/aromatic N) is 1. The largest absolute Gasteiger partial charge is 0.327 e. The van der Waals surface area contributed by atoms with Crippen LogP contribution in [-0.4, -0.2) is 36.8 Å². The Kier molecular flexibility index (Phi) is 4.78. The molecule has 4 N–H and O–H groups in total. The summed E-state index contributed by atoms with van der Waals surface area (Å²) in [5.41, 5.74) is 2.76. The van der Waals surface area contributed by atoms with Gasteiger partial charge in [0, 0.05) is 23.0 Å². The van der Waals surface area contributed by atoms with Crippen molar-refractivity contribution in [1.82, 2.24) is 20.8 Å². The van der Waals surface area contributed by atoms with Gasteiger partial charge in [-0.2, -0.15) is 5.10 Å². The summed E-state index contributed by atoms with van der Waals surface area (Å²) in [6.45, 7) is 1.64. The fraction of sp³-hybridized carbons (Fsp3) is 0.150. The van der Waals surface area contributed by atoms with Gasteiger partial charge in [0.2, 0.25) is 0 Å². The van der Waals surface area contributed by atoms with E-state index >= 15 is 0 Å². The zero-order chi connectivity index (χ0) is 21.5. The second kappa shape index (κ2) is 7.30. The van der Waals surface area contributed by atoms with Crippen molar-refractivity contribution in [2.24, 2.45) is 0 Å². The molecule has 0 saturated carbocycles. The maximum Gasteiger partial charge on any atom is 0.319 e. The fourth-order valence-corrected chi connectivity index (χ4v) is 4.00. The van der Waals surface area contributed by atoms with E-state index in [0.29, 0.717) is 22.5 Å². The summed E-state index contributed by atoms with van der Waals surface area (Å²) in [4.78, 5) is 25.3. The molecule has 1 unspecified atom stereocenters. The fourth-order valence-electron chi connectivity index (χ4n) is 3.37. The minimum atomic E-state index is -3.35. The van der Waals surface area contributed by atoms with Crippen LogP contribution in [0.4, 0.5) is 10.5 Å². The number of H-pyrrole nitrogens is 1. The van der Waals surface area contributed by atoms with Gasteiger partial charge in [0.05, 0.1) is 28.2 Å². The van der Waals surface area contributed by atoms with Gasteiger partial charge in [-0.05, 0) is 42.8 Å². The van der Waals surface area contributed by atoms with E-state index in [0.717, 1.165) is 17.2 Å². The van der Waals surface area contributed by atoms with E-state index in [-0.39, 0.29) is 10.8 Å². The second-order valence-corrected chi connectivity index (χ2v) is 9.05. The molecule has 9 nitrogen and oxygen atoms in total. The molecule has 2 heterocycles. The third-order valence-corrected chi connectivity index (χ3v) is 5.98. The van der Waals surface area contributed by atoms with Gasteiger partial charge < -0.3 is 16.0 Å². The van der Waals surface area contributed by atoms with Gasteiger partial charge in [0.1, 0.15) is 0 Å². The molecule has 3 amide bonds. The van der Waals surface area contributed by atoms with Gasteiger partial charge in [-0.25, -0.2) is 13.2 Å². The van der Waals surface area contributed by atoms with E-state index in [1.165, 1.54) is 12.1 Å². The number of carbonyl (C=O) groups excluding carboxylic acids is 2. The first-order valence-corrected chi connectivity index (χ1v) is 10.9. The van der Waals surface area contributed by atoms with Crippen LogP contribution in [0.1, 0.15) is 18.5 Å². The lowest BCUT2D eigenvalue weighted by atomic mass is 9.95. The number of benzene rings is 2. The van der Waals surface area contributed by atoms with E-state index in [9.17, 15) is 18.0 Å². The van der Waals surface area contributed by atoms with Crippen molar-refractivity contribution in [3.05, 3.63) is 65.5 Å². The summed E-state index contributed by atoms with van der Waals surface area (Å²) in [7, 11) is -3.35. The van der Waals surface area contributed by atoms with Crippen LogP contribution in [0.25, 0.3) is 10.9 Å². The molecule has 154 valence electrons. The van der Waals surface area contributed by atoms with Crippen LogP contribution in [-0.2, 0) is 14.6 Å². The number of anilines is 1. The molecule has 3 aromatic rings. The standard InChI is InChI=1S/C20H19N5O4S/c1-11-17(19(26)23-14-5-8-16-13(9-14)10-21-25-16)18(24-20(27)22-11)12-3-6-15(7-4-12)30(2,28)29/h3-10,18H,1-2H3,(H,21,25)(H,23,26)(H2,22,24,27). The molecule has 0 spiro atoms. The topological polar surface area (TPSA) is 133 Å². The van der Waals surface area contributed by atoms with E-state index in [1.807, 2.05) is 6.07 Å². The molecule has 0 saturated heterocycles. The monoisotopic (exact) mass is 425 g/mol. The molecule has 1 atom stereocenters. The van der Waals surface area contributed by atoms with Gasteiger partial charge in [-0.1, -0.05) is 12.1 Å². The molecule has 30 heavy (non-hydrogen) atoms. The number of amides is 3. The van der Waals surface area contributed by atoms with Crippen LogP contribution >= 0.6 is 0 Å². The van der Waals surface area contributed by atoms with E-state index in [4.69, 9.17) is 0 Å². The van der Waals surface area contributed by atoms with E-state index in [2.05, 4.69) is 26.1 Å². The predicted molar refractivity (Wildman–Crippen MR) is 111 cm³/mol. The average Bonchev–Trinajstić information content (AvgIpc) is 3.14. The first-order chi connectivity index (χ1) is 14.2. The summed E-state index contributed by atoms with van der Waals surface area (Å²) < 4.78 is 23.4. The maximum absolute atomic E-state index is 13.1. The highest BCUT2D eigenvalue weighted by Crippen LogP contribution is 2.29. The Bertz CT molecular complexity index is 1290. The predicted octanol–water partition coefficient (Wildman–Crippen LogP) is 2.23. The molecular weight excluding hydrogens is 406 g/mol. The number of allylic oxidation sites excluding steroid dienone is 1. The number of urea groups is 1. The molecular formula is C20H19N5O4S. The smallest absolute Gasteiger partial charge is 0.319 e. The van der Waals surface area contributed by atoms with Crippen molar-refractivity contribution in [2.45, 2.75) is 17.9 Å². The number of carbonyl (C=O) groups is 2. The number of hydrogen-bond acceptors (Lipinski definition) is 5. The summed E-state index contributed by atoms with van der Waals surface area (Å²) in [5, 5.41) is 15.8. The quantitative estimate of drug-likeness (QED) is 0.509. The minimum Gasteiger partial charge on any atom is -0.327 e. The molecule has 0 aliphatic carbocycles. The Morgan fingerprint density at radius 3 is 2.57 bits per heavy atom. The number of fused-ring (bicyclic) bond motifs is 1. The molecule has 0 fully saturated rings. The van der Waals surface area contributed by atoms with Crippen molar-refractivity contribution >= 4 is 38.4 Å². The van der Waals surface area contributed by atoms with Crippen LogP contribution in [0.15, 0.2) is 64.8 Å². The van der Waals surface area contributed by atoms with Gasteiger partial charge in [-0.15, -0.1) is 0 Å². The first kappa shape index (κ1) is 19.6. The molecule has 0 radical (unpaired) electrons. The Morgan fingerprint density at radius 1 is 1.13 bits per heavy atom. The molecule has 10 heteroatoms. The summed E-state index contributed by atoms with van der Waals surface area (Å²) in [6, 6.07) is 10.3. The third-order valence-electron chi connectivity index (χ3n) is 4.85. The van der Waals surface area contributed by atoms with Crippen molar-refractivity contribution in [3.8, 4) is 0 Å². The van der Waals surface area contributed by atoms with E-state index < -0.39 is 21.9 Å².